The Labute approximate surface area is 94.3 Å². The van der Waals surface area contributed by atoms with Crippen molar-refractivity contribution in [3.8, 4) is 0 Å². The van der Waals surface area contributed by atoms with E-state index in [1.54, 1.807) is 4.68 Å². The highest BCUT2D eigenvalue weighted by atomic mass is 35.5. The summed E-state index contributed by atoms with van der Waals surface area (Å²) in [5.41, 5.74) is 6.61. The molecule has 1 aliphatic rings. The molecule has 0 saturated carbocycles. The van der Waals surface area contributed by atoms with Gasteiger partial charge in [0.05, 0.1) is 24.4 Å². The number of halogens is 1. The molecule has 0 spiro atoms. The van der Waals surface area contributed by atoms with Crippen molar-refractivity contribution in [1.82, 2.24) is 9.78 Å². The number of aryl methyl sites for hydroxylation is 1. The minimum absolute atomic E-state index is 0.220. The highest BCUT2D eigenvalue weighted by Gasteiger charge is 2.23. The summed E-state index contributed by atoms with van der Waals surface area (Å²) in [6, 6.07) is 0. The molecule has 5 heteroatoms. The van der Waals surface area contributed by atoms with E-state index < -0.39 is 0 Å². The van der Waals surface area contributed by atoms with Gasteiger partial charge in [0.25, 0.3) is 0 Å². The Morgan fingerprint density at radius 2 is 2.33 bits per heavy atom. The van der Waals surface area contributed by atoms with Crippen LogP contribution in [0.25, 0.3) is 0 Å². The first-order valence-electron chi connectivity index (χ1n) is 5.21. The van der Waals surface area contributed by atoms with Crippen molar-refractivity contribution in [2.75, 3.05) is 5.73 Å². The van der Waals surface area contributed by atoms with Gasteiger partial charge in [0.15, 0.2) is 0 Å². The van der Waals surface area contributed by atoms with Gasteiger partial charge in [-0.3, -0.25) is 0 Å². The second kappa shape index (κ2) is 4.02. The van der Waals surface area contributed by atoms with Crippen LogP contribution in [0.1, 0.15) is 25.5 Å². The number of rotatable bonds is 2. The summed E-state index contributed by atoms with van der Waals surface area (Å²) in [6.07, 6.45) is 2.75. The largest absolute Gasteiger partial charge is 0.383 e. The topological polar surface area (TPSA) is 53.1 Å². The van der Waals surface area contributed by atoms with E-state index in [0.717, 1.165) is 18.5 Å². The van der Waals surface area contributed by atoms with Gasteiger partial charge < -0.3 is 10.5 Å². The molecule has 0 aromatic carbocycles. The fraction of sp³-hybridized carbons (Fsp3) is 0.700. The lowest BCUT2D eigenvalue weighted by Crippen LogP contribution is -2.18. The summed E-state index contributed by atoms with van der Waals surface area (Å²) in [5, 5.41) is 4.83. The highest BCUT2D eigenvalue weighted by Crippen LogP contribution is 2.25. The predicted molar refractivity (Wildman–Crippen MR) is 60.0 cm³/mol. The molecule has 1 aromatic rings. The molecule has 1 aromatic heterocycles. The van der Waals surface area contributed by atoms with Crippen LogP contribution in [0.15, 0.2) is 0 Å². The molecule has 2 N–H and O–H groups in total. The van der Waals surface area contributed by atoms with Crippen molar-refractivity contribution in [3.63, 3.8) is 0 Å². The summed E-state index contributed by atoms with van der Waals surface area (Å²) in [7, 11) is 0. The first-order valence-corrected chi connectivity index (χ1v) is 5.59. The lowest BCUT2D eigenvalue weighted by molar-refractivity contribution is 0.0440. The molecule has 0 amide bonds. The van der Waals surface area contributed by atoms with E-state index in [1.165, 1.54) is 0 Å². The average molecular weight is 230 g/mol. The molecule has 1 saturated heterocycles. The van der Waals surface area contributed by atoms with E-state index in [2.05, 4.69) is 12.0 Å². The molecule has 4 nitrogen and oxygen atoms in total. The number of ether oxygens (including phenoxy) is 1. The number of nitrogens with zero attached hydrogens (tertiary/aromatic N) is 2. The second-order valence-corrected chi connectivity index (χ2v) is 4.49. The average Bonchev–Trinajstić information content (AvgIpc) is 2.68. The van der Waals surface area contributed by atoms with Gasteiger partial charge in [0.1, 0.15) is 10.8 Å². The highest BCUT2D eigenvalue weighted by molar-refractivity contribution is 6.33. The van der Waals surface area contributed by atoms with Crippen molar-refractivity contribution < 1.29 is 4.74 Å². The molecule has 2 rings (SSSR count). The molecule has 0 radical (unpaired) electrons. The van der Waals surface area contributed by atoms with Gasteiger partial charge in [-0.2, -0.15) is 5.10 Å². The third-order valence-corrected chi connectivity index (χ3v) is 3.25. The Kier molecular flexibility index (Phi) is 2.89. The van der Waals surface area contributed by atoms with Gasteiger partial charge in [0.2, 0.25) is 0 Å². The van der Waals surface area contributed by atoms with Crippen molar-refractivity contribution in [2.24, 2.45) is 0 Å². The maximum Gasteiger partial charge on any atom is 0.140 e. The summed E-state index contributed by atoms with van der Waals surface area (Å²) < 4.78 is 7.45. The zero-order chi connectivity index (χ0) is 11.0. The first-order chi connectivity index (χ1) is 7.08. The number of nitrogen functional groups attached to an aromatic ring is 1. The predicted octanol–water partition coefficient (Wildman–Crippen LogP) is 1.99. The zero-order valence-corrected chi connectivity index (χ0v) is 9.79. The van der Waals surface area contributed by atoms with Crippen LogP contribution in [0, 0.1) is 6.92 Å². The van der Waals surface area contributed by atoms with Gasteiger partial charge >= 0.3 is 0 Å². The van der Waals surface area contributed by atoms with Crippen LogP contribution in [0.3, 0.4) is 0 Å². The smallest absolute Gasteiger partial charge is 0.140 e. The van der Waals surface area contributed by atoms with Gasteiger partial charge in [-0.25, -0.2) is 4.68 Å². The maximum absolute atomic E-state index is 5.96. The number of hydrogen-bond acceptors (Lipinski definition) is 3. The van der Waals surface area contributed by atoms with Crippen LogP contribution in [-0.2, 0) is 11.3 Å². The summed E-state index contributed by atoms with van der Waals surface area (Å²) in [6.45, 7) is 4.64. The third kappa shape index (κ3) is 2.11. The Morgan fingerprint density at radius 3 is 2.80 bits per heavy atom. The van der Waals surface area contributed by atoms with E-state index >= 15 is 0 Å². The molecule has 15 heavy (non-hydrogen) atoms. The fourth-order valence-corrected chi connectivity index (χ4v) is 2.06. The van der Waals surface area contributed by atoms with Gasteiger partial charge in [-0.05, 0) is 26.7 Å². The van der Waals surface area contributed by atoms with Crippen LogP contribution in [-0.4, -0.2) is 22.0 Å². The Hall–Kier alpha value is -0.740. The van der Waals surface area contributed by atoms with Gasteiger partial charge in [0, 0.05) is 0 Å². The van der Waals surface area contributed by atoms with E-state index in [1.807, 2.05) is 6.92 Å². The SMILES string of the molecule is Cc1nn(CC2CCC(C)O2)c(N)c1Cl. The first kappa shape index (κ1) is 10.8. The number of nitrogens with two attached hydrogens (primary N) is 1. The molecule has 0 aliphatic carbocycles. The molecule has 2 unspecified atom stereocenters. The Balaban J connectivity index is 2.08. The Morgan fingerprint density at radius 1 is 1.60 bits per heavy atom. The molecular formula is C10H16ClN3O. The molecule has 0 bridgehead atoms. The van der Waals surface area contributed by atoms with Gasteiger partial charge in [-0.15, -0.1) is 0 Å². The van der Waals surface area contributed by atoms with E-state index in [0.29, 0.717) is 23.5 Å². The maximum atomic E-state index is 5.96. The lowest BCUT2D eigenvalue weighted by atomic mass is 10.2. The van der Waals surface area contributed by atoms with Crippen molar-refractivity contribution in [2.45, 2.75) is 45.4 Å². The second-order valence-electron chi connectivity index (χ2n) is 4.11. The molecule has 2 atom stereocenters. The normalized spacial score (nSPS) is 26.1. The molecule has 2 heterocycles. The van der Waals surface area contributed by atoms with Crippen molar-refractivity contribution in [1.29, 1.82) is 0 Å². The summed E-state index contributed by atoms with van der Waals surface area (Å²) >= 11 is 5.96. The van der Waals surface area contributed by atoms with Crippen LogP contribution in [0.4, 0.5) is 5.82 Å². The quantitative estimate of drug-likeness (QED) is 0.844. The minimum atomic E-state index is 0.220. The molecule has 1 aliphatic heterocycles. The van der Waals surface area contributed by atoms with E-state index in [-0.39, 0.29) is 6.10 Å². The molecular weight excluding hydrogens is 214 g/mol. The number of aromatic nitrogens is 2. The van der Waals surface area contributed by atoms with E-state index in [4.69, 9.17) is 22.1 Å². The third-order valence-electron chi connectivity index (χ3n) is 2.79. The standard InChI is InChI=1S/C10H16ClN3O/c1-6-3-4-8(15-6)5-14-10(12)9(11)7(2)13-14/h6,8H,3-5,12H2,1-2H3. The van der Waals surface area contributed by atoms with Crippen LogP contribution < -0.4 is 5.73 Å². The number of hydrogen-bond donors (Lipinski definition) is 1. The molecule has 84 valence electrons. The minimum Gasteiger partial charge on any atom is -0.383 e. The van der Waals surface area contributed by atoms with Crippen molar-refractivity contribution in [3.05, 3.63) is 10.7 Å². The van der Waals surface area contributed by atoms with Crippen LogP contribution in [0.2, 0.25) is 5.02 Å². The molecule has 1 fully saturated rings. The summed E-state index contributed by atoms with van der Waals surface area (Å²) in [4.78, 5) is 0. The van der Waals surface area contributed by atoms with Crippen LogP contribution in [0.5, 0.6) is 0 Å². The van der Waals surface area contributed by atoms with E-state index in [9.17, 15) is 0 Å². The van der Waals surface area contributed by atoms with Crippen LogP contribution >= 0.6 is 11.6 Å². The number of anilines is 1. The summed E-state index contributed by atoms with van der Waals surface area (Å²) in [5.74, 6) is 0.539. The van der Waals surface area contributed by atoms with Crippen molar-refractivity contribution >= 4 is 17.4 Å². The zero-order valence-electron chi connectivity index (χ0n) is 9.03. The lowest BCUT2D eigenvalue weighted by Gasteiger charge is -2.11. The fourth-order valence-electron chi connectivity index (χ4n) is 1.93. The monoisotopic (exact) mass is 229 g/mol. The Bertz CT molecular complexity index is 364. The van der Waals surface area contributed by atoms with Gasteiger partial charge in [-0.1, -0.05) is 11.6 Å².